The number of halogens is 3. The highest BCUT2D eigenvalue weighted by molar-refractivity contribution is 6.00. The van der Waals surface area contributed by atoms with Gasteiger partial charge in [0.15, 0.2) is 0 Å². The second kappa shape index (κ2) is 8.04. The summed E-state index contributed by atoms with van der Waals surface area (Å²) in [7, 11) is 0. The average molecular weight is 411 g/mol. The summed E-state index contributed by atoms with van der Waals surface area (Å²) in [5.74, 6) is -1.21. The summed E-state index contributed by atoms with van der Waals surface area (Å²) in [6.45, 7) is 5.39. The van der Waals surface area contributed by atoms with Gasteiger partial charge in [-0.15, -0.1) is 0 Å². The highest BCUT2D eigenvalue weighted by atomic mass is 19.4. The topological polar surface area (TPSA) is 60.9 Å². The minimum absolute atomic E-state index is 0.0276. The number of alkyl halides is 3. The van der Waals surface area contributed by atoms with Crippen LogP contribution >= 0.6 is 0 Å². The fraction of sp³-hybridized carbons (Fsp3) is 0.550. The van der Waals surface area contributed by atoms with Gasteiger partial charge in [0.1, 0.15) is 0 Å². The quantitative estimate of drug-likeness (QED) is 0.768. The van der Waals surface area contributed by atoms with Crippen molar-refractivity contribution in [1.82, 2.24) is 9.80 Å². The Morgan fingerprint density at radius 2 is 1.69 bits per heavy atom. The molecule has 0 unspecified atom stereocenters. The maximum Gasteiger partial charge on any atom is 0.416 e. The Morgan fingerprint density at radius 1 is 1.07 bits per heavy atom. The minimum atomic E-state index is -4.50. The molecule has 2 saturated heterocycles. The molecular weight excluding hydrogens is 387 g/mol. The number of rotatable bonds is 3. The molecule has 2 aliphatic rings. The van der Waals surface area contributed by atoms with Crippen molar-refractivity contribution < 1.29 is 27.6 Å². The van der Waals surface area contributed by atoms with Crippen molar-refractivity contribution >= 4 is 23.4 Å². The first-order valence-corrected chi connectivity index (χ1v) is 9.63. The van der Waals surface area contributed by atoms with E-state index in [9.17, 15) is 27.6 Å². The fourth-order valence-corrected chi connectivity index (χ4v) is 3.74. The Morgan fingerprint density at radius 3 is 2.28 bits per heavy atom. The first-order chi connectivity index (χ1) is 13.6. The first kappa shape index (κ1) is 21.1. The van der Waals surface area contributed by atoms with Gasteiger partial charge in [-0.05, 0) is 18.2 Å². The molecule has 6 nitrogen and oxygen atoms in total. The lowest BCUT2D eigenvalue weighted by molar-refractivity contribution is -0.143. The number of anilines is 1. The van der Waals surface area contributed by atoms with Gasteiger partial charge >= 0.3 is 6.18 Å². The Hall–Kier alpha value is -2.58. The summed E-state index contributed by atoms with van der Waals surface area (Å²) in [5, 5.41) is 0. The second-order valence-electron chi connectivity index (χ2n) is 7.76. The van der Waals surface area contributed by atoms with E-state index in [1.165, 1.54) is 17.0 Å². The molecule has 2 aliphatic heterocycles. The van der Waals surface area contributed by atoms with E-state index in [0.717, 1.165) is 12.1 Å². The number of hydrogen-bond donors (Lipinski definition) is 0. The van der Waals surface area contributed by atoms with E-state index in [-0.39, 0.29) is 42.3 Å². The Labute approximate surface area is 167 Å². The summed E-state index contributed by atoms with van der Waals surface area (Å²) in [4.78, 5) is 41.9. The highest BCUT2D eigenvalue weighted by Gasteiger charge is 2.39. The van der Waals surface area contributed by atoms with E-state index < -0.39 is 17.7 Å². The van der Waals surface area contributed by atoms with Crippen molar-refractivity contribution in [2.24, 2.45) is 11.8 Å². The van der Waals surface area contributed by atoms with Crippen LogP contribution < -0.4 is 4.90 Å². The molecule has 0 N–H and O–H groups in total. The molecule has 1 aromatic carbocycles. The number of hydrogen-bond acceptors (Lipinski definition) is 3. The Bertz CT molecular complexity index is 802. The summed E-state index contributed by atoms with van der Waals surface area (Å²) >= 11 is 0. The number of nitrogens with zero attached hydrogens (tertiary/aromatic N) is 3. The van der Waals surface area contributed by atoms with Crippen molar-refractivity contribution in [3.63, 3.8) is 0 Å². The maximum absolute atomic E-state index is 12.9. The van der Waals surface area contributed by atoms with Crippen LogP contribution in [-0.4, -0.2) is 60.2 Å². The third kappa shape index (κ3) is 4.54. The Kier molecular flexibility index (Phi) is 5.86. The van der Waals surface area contributed by atoms with Crippen molar-refractivity contribution in [3.8, 4) is 0 Å². The molecule has 3 rings (SSSR count). The average Bonchev–Trinajstić information content (AvgIpc) is 3.08. The van der Waals surface area contributed by atoms with E-state index in [2.05, 4.69) is 0 Å². The zero-order valence-electron chi connectivity index (χ0n) is 16.4. The van der Waals surface area contributed by atoms with E-state index >= 15 is 0 Å². The van der Waals surface area contributed by atoms with Crippen molar-refractivity contribution in [3.05, 3.63) is 29.8 Å². The van der Waals surface area contributed by atoms with Crippen LogP contribution in [0.15, 0.2) is 24.3 Å². The smallest absolute Gasteiger partial charge is 0.339 e. The Balaban J connectivity index is 1.64. The van der Waals surface area contributed by atoms with Crippen LogP contribution in [-0.2, 0) is 20.6 Å². The van der Waals surface area contributed by atoms with Gasteiger partial charge in [-0.1, -0.05) is 19.9 Å². The van der Waals surface area contributed by atoms with Gasteiger partial charge in [0.05, 0.1) is 11.5 Å². The second-order valence-corrected chi connectivity index (χ2v) is 7.76. The third-order valence-corrected chi connectivity index (χ3v) is 5.36. The minimum Gasteiger partial charge on any atom is -0.339 e. The molecule has 3 amide bonds. The van der Waals surface area contributed by atoms with Gasteiger partial charge in [0.2, 0.25) is 17.7 Å². The molecule has 1 aromatic rings. The molecule has 0 saturated carbocycles. The fourth-order valence-electron chi connectivity index (χ4n) is 3.74. The van der Waals surface area contributed by atoms with Crippen LogP contribution in [0, 0.1) is 11.8 Å². The van der Waals surface area contributed by atoms with Gasteiger partial charge in [0.25, 0.3) is 0 Å². The van der Waals surface area contributed by atoms with Crippen LogP contribution in [0.1, 0.15) is 25.8 Å². The molecule has 158 valence electrons. The summed E-state index contributed by atoms with van der Waals surface area (Å²) in [5.41, 5.74) is -0.684. The van der Waals surface area contributed by atoms with Crippen molar-refractivity contribution in [2.45, 2.75) is 26.4 Å². The highest BCUT2D eigenvalue weighted by Crippen LogP contribution is 2.33. The maximum atomic E-state index is 12.9. The molecule has 0 bridgehead atoms. The number of carbonyl (C=O) groups is 3. The number of amides is 3. The predicted molar refractivity (Wildman–Crippen MR) is 99.9 cm³/mol. The van der Waals surface area contributed by atoms with Gasteiger partial charge in [-0.25, -0.2) is 0 Å². The molecule has 0 spiro atoms. The molecule has 29 heavy (non-hydrogen) atoms. The van der Waals surface area contributed by atoms with E-state index in [1.54, 1.807) is 9.80 Å². The van der Waals surface area contributed by atoms with Gasteiger partial charge < -0.3 is 14.7 Å². The molecule has 0 radical (unpaired) electrons. The van der Waals surface area contributed by atoms with Crippen LogP contribution in [0.2, 0.25) is 0 Å². The first-order valence-electron chi connectivity index (χ1n) is 9.63. The van der Waals surface area contributed by atoms with E-state index in [1.807, 2.05) is 13.8 Å². The number of carbonyl (C=O) groups excluding carboxylic acids is 3. The van der Waals surface area contributed by atoms with Crippen LogP contribution in [0.4, 0.5) is 18.9 Å². The van der Waals surface area contributed by atoms with Crippen molar-refractivity contribution in [2.75, 3.05) is 37.6 Å². The van der Waals surface area contributed by atoms with E-state index in [4.69, 9.17) is 0 Å². The molecule has 0 aliphatic carbocycles. The lowest BCUT2D eigenvalue weighted by Crippen LogP contribution is -2.53. The van der Waals surface area contributed by atoms with Crippen LogP contribution in [0.3, 0.4) is 0 Å². The van der Waals surface area contributed by atoms with E-state index in [0.29, 0.717) is 26.2 Å². The van der Waals surface area contributed by atoms with Crippen molar-refractivity contribution in [1.29, 1.82) is 0 Å². The largest absolute Gasteiger partial charge is 0.416 e. The normalized spacial score (nSPS) is 20.6. The molecule has 9 heteroatoms. The number of benzene rings is 1. The van der Waals surface area contributed by atoms with Crippen LogP contribution in [0.25, 0.3) is 0 Å². The molecule has 2 fully saturated rings. The molecule has 1 atom stereocenters. The summed E-state index contributed by atoms with van der Waals surface area (Å²) in [6.07, 6.45) is -4.53. The molecule has 2 heterocycles. The van der Waals surface area contributed by atoms with Crippen LogP contribution in [0.5, 0.6) is 0 Å². The monoisotopic (exact) mass is 411 g/mol. The van der Waals surface area contributed by atoms with Gasteiger partial charge in [-0.3, -0.25) is 14.4 Å². The standard InChI is InChI=1S/C20H24F3N3O3/c1-13(2)18(28)24-6-8-25(9-7-24)19(29)14-10-17(27)26(12-14)16-5-3-4-15(11-16)20(21,22)23/h3-5,11,13-14H,6-10,12H2,1-2H3/t14-/m1/s1. The zero-order valence-corrected chi connectivity index (χ0v) is 16.4. The summed E-state index contributed by atoms with van der Waals surface area (Å²) < 4.78 is 38.8. The van der Waals surface area contributed by atoms with Gasteiger partial charge in [0, 0.05) is 50.7 Å². The lowest BCUT2D eigenvalue weighted by Gasteiger charge is -2.36. The SMILES string of the molecule is CC(C)C(=O)N1CCN(C(=O)[C@@H]2CC(=O)N(c3cccc(C(F)(F)F)c3)C2)CC1. The number of piperazine rings is 1. The zero-order chi connectivity index (χ0) is 21.3. The van der Waals surface area contributed by atoms with Gasteiger partial charge in [-0.2, -0.15) is 13.2 Å². The molecular formula is C20H24F3N3O3. The third-order valence-electron chi connectivity index (χ3n) is 5.36. The molecule has 0 aromatic heterocycles. The predicted octanol–water partition coefficient (Wildman–Crippen LogP) is 2.39. The summed E-state index contributed by atoms with van der Waals surface area (Å²) in [6, 6.07) is 4.58. The lowest BCUT2D eigenvalue weighted by atomic mass is 10.1.